The van der Waals surface area contributed by atoms with Gasteiger partial charge in [-0.1, -0.05) is 31.5 Å². The zero-order chi connectivity index (χ0) is 23.1. The Morgan fingerprint density at radius 2 is 1.52 bits per heavy atom. The molecular weight excluding hydrogens is 436 g/mol. The summed E-state index contributed by atoms with van der Waals surface area (Å²) in [5, 5.41) is 3.71. The Morgan fingerprint density at radius 3 is 2.00 bits per heavy atom. The van der Waals surface area contributed by atoms with Crippen LogP contribution in [0.4, 0.5) is 0 Å². The zero-order valence-corrected chi connectivity index (χ0v) is 21.3. The molecule has 7 nitrogen and oxygen atoms in total. The Hall–Kier alpha value is -0.780. The smallest absolute Gasteiger partial charge is 0.313 e. The molecule has 2 unspecified atom stereocenters. The molecule has 2 atom stereocenters. The molecule has 1 aromatic rings. The van der Waals surface area contributed by atoms with Crippen LogP contribution in [-0.2, 0) is 27.2 Å². The van der Waals surface area contributed by atoms with E-state index < -0.39 is 20.9 Å². The summed E-state index contributed by atoms with van der Waals surface area (Å²) in [6, 6.07) is 5.99. The third-order valence-electron chi connectivity index (χ3n) is 5.19. The van der Waals surface area contributed by atoms with E-state index in [4.69, 9.17) is 18.1 Å². The molecule has 1 N–H and O–H groups in total. The fourth-order valence-electron chi connectivity index (χ4n) is 4.07. The molecule has 0 bridgehead atoms. The van der Waals surface area contributed by atoms with E-state index in [0.717, 1.165) is 29.5 Å². The van der Waals surface area contributed by atoms with Gasteiger partial charge in [-0.3, -0.25) is 9.13 Å². The first-order valence-electron chi connectivity index (χ1n) is 11.2. The first kappa shape index (κ1) is 26.5. The van der Waals surface area contributed by atoms with Gasteiger partial charge in [-0.05, 0) is 63.9 Å². The second kappa shape index (κ2) is 11.9. The van der Waals surface area contributed by atoms with Gasteiger partial charge in [0.25, 0.3) is 0 Å². The molecule has 0 spiro atoms. The van der Waals surface area contributed by atoms with Gasteiger partial charge >= 0.3 is 15.2 Å². The lowest BCUT2D eigenvalue weighted by atomic mass is 9.95. The first-order chi connectivity index (χ1) is 14.9. The monoisotopic (exact) mass is 473 g/mol. The van der Waals surface area contributed by atoms with E-state index >= 15 is 0 Å². The van der Waals surface area contributed by atoms with Crippen molar-refractivity contribution in [2.24, 2.45) is 0 Å². The van der Waals surface area contributed by atoms with Crippen molar-refractivity contribution in [3.63, 3.8) is 0 Å². The molecule has 1 aliphatic rings. The molecule has 0 saturated carbocycles. The number of allylic oxidation sites excluding steroid dienone is 1. The van der Waals surface area contributed by atoms with Crippen molar-refractivity contribution in [3.8, 4) is 0 Å². The zero-order valence-electron chi connectivity index (χ0n) is 19.6. The third-order valence-corrected chi connectivity index (χ3v) is 10.0. The summed E-state index contributed by atoms with van der Waals surface area (Å²) in [7, 11) is -5.49. The van der Waals surface area contributed by atoms with Crippen molar-refractivity contribution in [3.05, 3.63) is 40.2 Å². The highest BCUT2D eigenvalue weighted by Crippen LogP contribution is 2.75. The van der Waals surface area contributed by atoms with Crippen LogP contribution in [0.5, 0.6) is 0 Å². The Morgan fingerprint density at radius 1 is 0.935 bits per heavy atom. The maximum absolute atomic E-state index is 14.0. The minimum Gasteiger partial charge on any atom is -0.313 e. The molecule has 31 heavy (non-hydrogen) atoms. The van der Waals surface area contributed by atoms with Crippen LogP contribution in [0, 0.1) is 0 Å². The fourth-order valence-corrected chi connectivity index (χ4v) is 8.76. The van der Waals surface area contributed by atoms with Crippen molar-refractivity contribution >= 4 is 21.3 Å². The van der Waals surface area contributed by atoms with Gasteiger partial charge in [-0.2, -0.15) is 0 Å². The number of fused-ring (bicyclic) bond motifs is 1. The van der Waals surface area contributed by atoms with Crippen LogP contribution in [0.3, 0.4) is 0 Å². The SMILES string of the molecule is CCCC(NC)c1cccc2c1C=C(P(=O)(OCC)OCC)C2P(=O)(OCC)OCC. The van der Waals surface area contributed by atoms with Crippen LogP contribution in [0.15, 0.2) is 23.5 Å². The normalized spacial score (nSPS) is 17.5. The molecule has 1 aliphatic carbocycles. The second-order valence-electron chi connectivity index (χ2n) is 7.16. The van der Waals surface area contributed by atoms with Crippen LogP contribution >= 0.6 is 15.2 Å². The van der Waals surface area contributed by atoms with Crippen LogP contribution < -0.4 is 5.32 Å². The highest BCUT2D eigenvalue weighted by atomic mass is 31.2. The molecule has 0 aliphatic heterocycles. The molecule has 0 radical (unpaired) electrons. The molecule has 176 valence electrons. The van der Waals surface area contributed by atoms with Gasteiger partial charge in [0.05, 0.1) is 31.7 Å². The number of nitrogens with one attached hydrogen (secondary N) is 1. The van der Waals surface area contributed by atoms with E-state index in [9.17, 15) is 9.13 Å². The second-order valence-corrected chi connectivity index (χ2v) is 11.3. The molecule has 0 aromatic heterocycles. The average Bonchev–Trinajstić information content (AvgIpc) is 3.14. The summed E-state index contributed by atoms with van der Waals surface area (Å²) in [5.74, 6) is 0. The minimum atomic E-state index is -3.72. The molecular formula is C22H37NO6P2. The lowest BCUT2D eigenvalue weighted by Gasteiger charge is -2.29. The highest BCUT2D eigenvalue weighted by Gasteiger charge is 2.51. The molecule has 1 aromatic carbocycles. The molecule has 0 saturated heterocycles. The van der Waals surface area contributed by atoms with Gasteiger partial charge in [-0.15, -0.1) is 0 Å². The molecule has 2 rings (SSSR count). The van der Waals surface area contributed by atoms with Crippen molar-refractivity contribution in [1.82, 2.24) is 5.32 Å². The largest absolute Gasteiger partial charge is 0.358 e. The lowest BCUT2D eigenvalue weighted by Crippen LogP contribution is -2.17. The molecule has 0 amide bonds. The molecule has 0 heterocycles. The Bertz CT molecular complexity index is 836. The summed E-state index contributed by atoms with van der Waals surface area (Å²) < 4.78 is 50.6. The van der Waals surface area contributed by atoms with Gasteiger partial charge < -0.3 is 23.4 Å². The lowest BCUT2D eigenvalue weighted by molar-refractivity contribution is 0.210. The summed E-state index contributed by atoms with van der Waals surface area (Å²) in [4.78, 5) is 0. The molecule has 0 fully saturated rings. The van der Waals surface area contributed by atoms with Gasteiger partial charge in [0, 0.05) is 6.04 Å². The van der Waals surface area contributed by atoms with Crippen molar-refractivity contribution in [1.29, 1.82) is 0 Å². The third kappa shape index (κ3) is 5.59. The van der Waals surface area contributed by atoms with E-state index in [2.05, 4.69) is 12.2 Å². The van der Waals surface area contributed by atoms with Gasteiger partial charge in [0.2, 0.25) is 0 Å². The van der Waals surface area contributed by atoms with Crippen LogP contribution in [0.2, 0.25) is 0 Å². The van der Waals surface area contributed by atoms with Gasteiger partial charge in [0.15, 0.2) is 0 Å². The van der Waals surface area contributed by atoms with E-state index in [1.54, 1.807) is 27.7 Å². The van der Waals surface area contributed by atoms with Crippen LogP contribution in [0.1, 0.15) is 75.9 Å². The maximum Gasteiger partial charge on any atom is 0.358 e. The van der Waals surface area contributed by atoms with Crippen LogP contribution in [-0.4, -0.2) is 33.5 Å². The Labute approximate surface area is 187 Å². The summed E-state index contributed by atoms with van der Waals surface area (Å²) in [6.45, 7) is 10.0. The topological polar surface area (TPSA) is 83.1 Å². The van der Waals surface area contributed by atoms with Crippen molar-refractivity contribution in [2.75, 3.05) is 33.5 Å². The fraction of sp³-hybridized carbons (Fsp3) is 0.636. The van der Waals surface area contributed by atoms with E-state index in [0.29, 0.717) is 5.31 Å². The molecule has 9 heteroatoms. The number of rotatable bonds is 14. The number of hydrogen-bond acceptors (Lipinski definition) is 7. The summed E-state index contributed by atoms with van der Waals surface area (Å²) in [6.07, 6.45) is 3.76. The minimum absolute atomic E-state index is 0.105. The maximum atomic E-state index is 14.0. The highest BCUT2D eigenvalue weighted by molar-refractivity contribution is 7.62. The van der Waals surface area contributed by atoms with Crippen molar-refractivity contribution < 1.29 is 27.2 Å². The van der Waals surface area contributed by atoms with Crippen LogP contribution in [0.25, 0.3) is 6.08 Å². The number of benzene rings is 1. The van der Waals surface area contributed by atoms with Gasteiger partial charge in [-0.25, -0.2) is 0 Å². The predicted molar refractivity (Wildman–Crippen MR) is 126 cm³/mol. The van der Waals surface area contributed by atoms with E-state index in [-0.39, 0.29) is 32.5 Å². The quantitative estimate of drug-likeness (QED) is 0.302. The van der Waals surface area contributed by atoms with Crippen molar-refractivity contribution in [2.45, 2.75) is 59.2 Å². The standard InChI is InChI=1S/C22H37NO6P2/c1-7-13-20(23-6)17-14-12-15-18-19(17)16-21(30(24,26-8-2)27-9-3)22(18)31(25,28-10-4)29-11-5/h12,14-16,20,22-23H,7-11,13H2,1-6H3. The average molecular weight is 473 g/mol. The Kier molecular flexibility index (Phi) is 10.2. The predicted octanol–water partition coefficient (Wildman–Crippen LogP) is 6.68. The number of hydrogen-bond donors (Lipinski definition) is 1. The van der Waals surface area contributed by atoms with Gasteiger partial charge in [0.1, 0.15) is 5.66 Å². The van der Waals surface area contributed by atoms with E-state index in [1.165, 1.54) is 0 Å². The van der Waals surface area contributed by atoms with E-state index in [1.807, 2.05) is 31.3 Å². The first-order valence-corrected chi connectivity index (χ1v) is 14.3. The Balaban J connectivity index is 2.77. The summed E-state index contributed by atoms with van der Waals surface area (Å²) >= 11 is 0. The summed E-state index contributed by atoms with van der Waals surface area (Å²) in [5.41, 5.74) is 1.87.